The first kappa shape index (κ1) is 27.9. The molecule has 2 aliphatic heterocycles. The zero-order valence-electron chi connectivity index (χ0n) is 24.0. The van der Waals surface area contributed by atoms with Crippen LogP contribution in [0.5, 0.6) is 23.0 Å². The molecule has 0 saturated heterocycles. The van der Waals surface area contributed by atoms with Gasteiger partial charge in [-0.05, 0) is 60.8 Å². The van der Waals surface area contributed by atoms with Crippen LogP contribution in [0, 0.1) is 0 Å². The molecule has 0 aromatic heterocycles. The van der Waals surface area contributed by atoms with Crippen molar-refractivity contribution >= 4 is 0 Å². The fourth-order valence-electron chi connectivity index (χ4n) is 6.25. The molecule has 0 radical (unpaired) electrons. The summed E-state index contributed by atoms with van der Waals surface area (Å²) in [5.41, 5.74) is 5.33. The number of hydrogen-bond donors (Lipinski definition) is 0. The smallest absolute Gasteiger partial charge is 0.134 e. The van der Waals surface area contributed by atoms with Crippen LogP contribution in [-0.2, 0) is 12.8 Å². The van der Waals surface area contributed by atoms with Gasteiger partial charge in [0.25, 0.3) is 0 Å². The second-order valence-electron chi connectivity index (χ2n) is 11.2. The predicted octanol–water partition coefficient (Wildman–Crippen LogP) is 10.3. The first-order valence-corrected chi connectivity index (χ1v) is 15.5. The van der Waals surface area contributed by atoms with E-state index in [0.717, 1.165) is 49.1 Å². The average molecular weight is 507 g/mol. The Bertz CT molecular complexity index is 900. The van der Waals surface area contributed by atoms with Crippen molar-refractivity contribution in [2.24, 2.45) is 0 Å². The molecule has 3 heteroatoms. The van der Waals surface area contributed by atoms with Crippen molar-refractivity contribution in [3.05, 3.63) is 46.5 Å². The van der Waals surface area contributed by atoms with Gasteiger partial charge in [-0.2, -0.15) is 0 Å². The Hall–Kier alpha value is -2.16. The monoisotopic (exact) mass is 506 g/mol. The summed E-state index contributed by atoms with van der Waals surface area (Å²) in [7, 11) is 0. The summed E-state index contributed by atoms with van der Waals surface area (Å²) in [6.45, 7) is 10.7. The van der Waals surface area contributed by atoms with Crippen molar-refractivity contribution in [2.75, 3.05) is 13.2 Å². The van der Waals surface area contributed by atoms with E-state index in [0.29, 0.717) is 11.8 Å². The maximum atomic E-state index is 6.70. The number of benzene rings is 2. The number of rotatable bonds is 16. The number of hydrogen-bond acceptors (Lipinski definition) is 3. The third-order valence-corrected chi connectivity index (χ3v) is 8.42. The summed E-state index contributed by atoms with van der Waals surface area (Å²) in [4.78, 5) is 0. The number of fused-ring (bicyclic) bond motifs is 2. The maximum absolute atomic E-state index is 6.70. The molecule has 2 aromatic carbocycles. The lowest BCUT2D eigenvalue weighted by atomic mass is 9.87. The molecule has 0 saturated carbocycles. The Kier molecular flexibility index (Phi) is 10.6. The lowest BCUT2D eigenvalue weighted by Crippen LogP contribution is -2.04. The average Bonchev–Trinajstić information content (AvgIpc) is 3.61. The molecule has 204 valence electrons. The van der Waals surface area contributed by atoms with E-state index in [1.807, 2.05) is 0 Å². The molecule has 2 aliphatic rings. The summed E-state index contributed by atoms with van der Waals surface area (Å²) in [6.07, 6.45) is 16.9. The van der Waals surface area contributed by atoms with Gasteiger partial charge in [-0.3, -0.25) is 0 Å². The van der Waals surface area contributed by atoms with E-state index in [4.69, 9.17) is 14.2 Å². The van der Waals surface area contributed by atoms with Crippen molar-refractivity contribution in [3.63, 3.8) is 0 Å². The van der Waals surface area contributed by atoms with Crippen LogP contribution < -0.4 is 14.2 Å². The fraction of sp³-hybridized carbons (Fsp3) is 0.647. The quantitative estimate of drug-likeness (QED) is 0.227. The topological polar surface area (TPSA) is 27.7 Å². The van der Waals surface area contributed by atoms with Crippen LogP contribution in [0.4, 0.5) is 0 Å². The summed E-state index contributed by atoms with van der Waals surface area (Å²) in [5, 5.41) is 0. The van der Waals surface area contributed by atoms with E-state index in [1.54, 1.807) is 0 Å². The van der Waals surface area contributed by atoms with Gasteiger partial charge in [0.2, 0.25) is 0 Å². The van der Waals surface area contributed by atoms with Crippen LogP contribution in [0.25, 0.3) is 0 Å². The van der Waals surface area contributed by atoms with Crippen molar-refractivity contribution in [1.82, 2.24) is 0 Å². The maximum Gasteiger partial charge on any atom is 0.134 e. The van der Waals surface area contributed by atoms with Crippen LogP contribution in [-0.4, -0.2) is 13.2 Å². The molecule has 0 bridgehead atoms. The van der Waals surface area contributed by atoms with E-state index in [1.165, 1.54) is 99.3 Å². The number of ether oxygens (including phenoxy) is 3. The fourth-order valence-corrected chi connectivity index (χ4v) is 6.25. The minimum absolute atomic E-state index is 0.584. The summed E-state index contributed by atoms with van der Waals surface area (Å²) < 4.78 is 19.2. The molecule has 3 nitrogen and oxygen atoms in total. The van der Waals surface area contributed by atoms with Gasteiger partial charge in [0.15, 0.2) is 0 Å². The lowest BCUT2D eigenvalue weighted by molar-refractivity contribution is 0.348. The van der Waals surface area contributed by atoms with Crippen LogP contribution >= 0.6 is 0 Å². The third kappa shape index (κ3) is 6.65. The molecule has 0 unspecified atom stereocenters. The molecule has 0 aliphatic carbocycles. The first-order valence-electron chi connectivity index (χ1n) is 15.5. The highest BCUT2D eigenvalue weighted by atomic mass is 16.5. The molecule has 0 fully saturated rings. The molecule has 0 amide bonds. The van der Waals surface area contributed by atoms with E-state index >= 15 is 0 Å². The van der Waals surface area contributed by atoms with Crippen LogP contribution in [0.3, 0.4) is 0 Å². The molecular formula is C34H50O3. The van der Waals surface area contributed by atoms with Gasteiger partial charge < -0.3 is 14.2 Å². The van der Waals surface area contributed by atoms with E-state index < -0.39 is 0 Å². The Morgan fingerprint density at radius 2 is 0.973 bits per heavy atom. The van der Waals surface area contributed by atoms with Gasteiger partial charge in [-0.1, -0.05) is 91.2 Å². The minimum Gasteiger partial charge on any atom is -0.493 e. The largest absolute Gasteiger partial charge is 0.493 e. The first-order chi connectivity index (χ1) is 18.2. The molecule has 0 N–H and O–H groups in total. The second kappa shape index (κ2) is 14.1. The Balaban J connectivity index is 1.61. The molecule has 0 spiro atoms. The van der Waals surface area contributed by atoms with Crippen LogP contribution in [0.2, 0.25) is 0 Å². The Morgan fingerprint density at radius 1 is 0.595 bits per heavy atom. The van der Waals surface area contributed by atoms with Crippen LogP contribution in [0.15, 0.2) is 24.3 Å². The SMILES string of the molecule is CCCCC(CCCC)c1ccc(Oc2ccc(C(CCCC)CCCC)c3c2CCO3)c2c1OCC2. The Morgan fingerprint density at radius 3 is 1.32 bits per heavy atom. The van der Waals surface area contributed by atoms with Gasteiger partial charge in [-0.15, -0.1) is 0 Å². The highest BCUT2D eigenvalue weighted by Crippen LogP contribution is 2.47. The molecule has 2 heterocycles. The summed E-state index contributed by atoms with van der Waals surface area (Å²) >= 11 is 0. The molecule has 2 aromatic rings. The highest BCUT2D eigenvalue weighted by molar-refractivity contribution is 5.58. The zero-order valence-corrected chi connectivity index (χ0v) is 24.0. The molecule has 4 rings (SSSR count). The van der Waals surface area contributed by atoms with Gasteiger partial charge in [0.05, 0.1) is 13.2 Å². The van der Waals surface area contributed by atoms with Gasteiger partial charge in [0.1, 0.15) is 23.0 Å². The van der Waals surface area contributed by atoms with Crippen molar-refractivity contribution in [1.29, 1.82) is 0 Å². The van der Waals surface area contributed by atoms with Gasteiger partial charge in [0, 0.05) is 24.0 Å². The van der Waals surface area contributed by atoms with E-state index in [2.05, 4.69) is 52.0 Å². The van der Waals surface area contributed by atoms with Crippen molar-refractivity contribution in [3.8, 4) is 23.0 Å². The summed E-state index contributed by atoms with van der Waals surface area (Å²) in [6, 6.07) is 9.03. The number of unbranched alkanes of at least 4 members (excludes halogenated alkanes) is 4. The van der Waals surface area contributed by atoms with Gasteiger partial charge in [-0.25, -0.2) is 0 Å². The second-order valence-corrected chi connectivity index (χ2v) is 11.2. The molecule has 0 atom stereocenters. The normalized spacial score (nSPS) is 14.1. The van der Waals surface area contributed by atoms with Crippen molar-refractivity contribution in [2.45, 2.75) is 129 Å². The zero-order chi connectivity index (χ0) is 26.0. The van der Waals surface area contributed by atoms with Crippen molar-refractivity contribution < 1.29 is 14.2 Å². The van der Waals surface area contributed by atoms with Gasteiger partial charge >= 0.3 is 0 Å². The predicted molar refractivity (Wildman–Crippen MR) is 155 cm³/mol. The standard InChI is InChI=1S/C34H50O3/c1-5-9-13-25(14-10-6-2)27-17-19-31(29-21-23-35-33(27)29)37-32-20-18-28(34-30(32)22-24-36-34)26(15-11-7-3)16-12-8-4/h17-20,25-26H,5-16,21-24H2,1-4H3. The minimum atomic E-state index is 0.584. The van der Waals surface area contributed by atoms with Crippen LogP contribution in [0.1, 0.15) is 139 Å². The highest BCUT2D eigenvalue weighted by Gasteiger charge is 2.28. The molecule has 37 heavy (non-hydrogen) atoms. The molecular weight excluding hydrogens is 456 g/mol. The van der Waals surface area contributed by atoms with E-state index in [-0.39, 0.29) is 0 Å². The Labute approximate surface area is 226 Å². The van der Waals surface area contributed by atoms with E-state index in [9.17, 15) is 0 Å². The lowest BCUT2D eigenvalue weighted by Gasteiger charge is -2.22. The summed E-state index contributed by atoms with van der Waals surface area (Å²) in [5.74, 6) is 5.33. The third-order valence-electron chi connectivity index (χ3n) is 8.42.